The molecule has 0 radical (unpaired) electrons. The van der Waals surface area contributed by atoms with E-state index in [1.54, 1.807) is 12.1 Å². The summed E-state index contributed by atoms with van der Waals surface area (Å²) < 4.78 is 19.3. The number of aryl methyl sites for hydroxylation is 1. The molecule has 1 fully saturated rings. The molecule has 0 amide bonds. The van der Waals surface area contributed by atoms with Crippen LogP contribution in [0.4, 0.5) is 4.39 Å². The van der Waals surface area contributed by atoms with Crippen LogP contribution in [0.15, 0.2) is 18.2 Å². The SMILES string of the molecule is CNC(c1cc(C)cc(F)c1)C1CCC(C)O1. The van der Waals surface area contributed by atoms with E-state index in [2.05, 4.69) is 12.2 Å². The van der Waals surface area contributed by atoms with Gasteiger partial charge in [-0.2, -0.15) is 0 Å². The zero-order valence-corrected chi connectivity index (χ0v) is 10.7. The molecule has 94 valence electrons. The van der Waals surface area contributed by atoms with Gasteiger partial charge in [0, 0.05) is 0 Å². The van der Waals surface area contributed by atoms with E-state index in [0.717, 1.165) is 24.0 Å². The van der Waals surface area contributed by atoms with Gasteiger partial charge in [-0.1, -0.05) is 6.07 Å². The van der Waals surface area contributed by atoms with Crippen LogP contribution < -0.4 is 5.32 Å². The Bertz CT molecular complexity index is 374. The maximum Gasteiger partial charge on any atom is 0.123 e. The smallest absolute Gasteiger partial charge is 0.123 e. The molecule has 1 saturated heterocycles. The van der Waals surface area contributed by atoms with Gasteiger partial charge in [0.25, 0.3) is 0 Å². The topological polar surface area (TPSA) is 21.3 Å². The van der Waals surface area contributed by atoms with Gasteiger partial charge in [-0.05, 0) is 57.0 Å². The molecule has 1 aliphatic rings. The van der Waals surface area contributed by atoms with Crippen molar-refractivity contribution in [2.75, 3.05) is 7.05 Å². The first kappa shape index (κ1) is 12.5. The molecule has 0 aromatic heterocycles. The quantitative estimate of drug-likeness (QED) is 0.872. The maximum absolute atomic E-state index is 13.4. The highest BCUT2D eigenvalue weighted by atomic mass is 19.1. The molecule has 3 heteroatoms. The molecular weight excluding hydrogens is 217 g/mol. The number of rotatable bonds is 3. The highest BCUT2D eigenvalue weighted by Crippen LogP contribution is 2.30. The van der Waals surface area contributed by atoms with Crippen LogP contribution in [0.2, 0.25) is 0 Å². The number of likely N-dealkylation sites (N-methyl/N-ethyl adjacent to an activating group) is 1. The fraction of sp³-hybridized carbons (Fsp3) is 0.571. The molecule has 0 spiro atoms. The van der Waals surface area contributed by atoms with Gasteiger partial charge in [0.05, 0.1) is 18.2 Å². The van der Waals surface area contributed by atoms with E-state index < -0.39 is 0 Å². The molecule has 1 aliphatic heterocycles. The fourth-order valence-corrected chi connectivity index (χ4v) is 2.59. The summed E-state index contributed by atoms with van der Waals surface area (Å²) >= 11 is 0. The highest BCUT2D eigenvalue weighted by molar-refractivity contribution is 5.27. The summed E-state index contributed by atoms with van der Waals surface area (Å²) in [7, 11) is 1.90. The minimum absolute atomic E-state index is 0.0781. The van der Waals surface area contributed by atoms with Crippen LogP contribution in [0.5, 0.6) is 0 Å². The first-order valence-corrected chi connectivity index (χ1v) is 6.20. The van der Waals surface area contributed by atoms with Gasteiger partial charge >= 0.3 is 0 Å². The lowest BCUT2D eigenvalue weighted by molar-refractivity contribution is 0.0332. The van der Waals surface area contributed by atoms with E-state index in [9.17, 15) is 4.39 Å². The average Bonchev–Trinajstić information content (AvgIpc) is 2.64. The van der Waals surface area contributed by atoms with E-state index >= 15 is 0 Å². The molecule has 2 nitrogen and oxygen atoms in total. The summed E-state index contributed by atoms with van der Waals surface area (Å²) in [6.45, 7) is 4.00. The Morgan fingerprint density at radius 1 is 1.35 bits per heavy atom. The number of hydrogen-bond acceptors (Lipinski definition) is 2. The van der Waals surface area contributed by atoms with Crippen LogP contribution in [-0.4, -0.2) is 19.3 Å². The number of nitrogens with one attached hydrogen (secondary N) is 1. The fourth-order valence-electron chi connectivity index (χ4n) is 2.59. The van der Waals surface area contributed by atoms with Gasteiger partial charge in [-0.15, -0.1) is 0 Å². The molecule has 2 rings (SSSR count). The third-order valence-corrected chi connectivity index (χ3v) is 3.37. The molecule has 17 heavy (non-hydrogen) atoms. The van der Waals surface area contributed by atoms with E-state index in [-0.39, 0.29) is 18.0 Å². The van der Waals surface area contributed by atoms with Crippen molar-refractivity contribution in [2.45, 2.75) is 44.9 Å². The number of benzene rings is 1. The Hall–Kier alpha value is -0.930. The predicted molar refractivity (Wildman–Crippen MR) is 66.5 cm³/mol. The molecule has 1 N–H and O–H groups in total. The molecule has 0 aliphatic carbocycles. The van der Waals surface area contributed by atoms with Crippen molar-refractivity contribution in [1.82, 2.24) is 5.32 Å². The summed E-state index contributed by atoms with van der Waals surface area (Å²) in [6.07, 6.45) is 2.57. The van der Waals surface area contributed by atoms with E-state index in [0.29, 0.717) is 6.10 Å². The van der Waals surface area contributed by atoms with Crippen LogP contribution in [0.3, 0.4) is 0 Å². The van der Waals surface area contributed by atoms with Crippen LogP contribution in [0.1, 0.15) is 36.9 Å². The van der Waals surface area contributed by atoms with Crippen molar-refractivity contribution in [3.8, 4) is 0 Å². The van der Waals surface area contributed by atoms with Crippen molar-refractivity contribution in [3.63, 3.8) is 0 Å². The van der Waals surface area contributed by atoms with Crippen LogP contribution in [0, 0.1) is 12.7 Å². The summed E-state index contributed by atoms with van der Waals surface area (Å²) in [5, 5.41) is 3.24. The first-order valence-electron chi connectivity index (χ1n) is 6.20. The van der Waals surface area contributed by atoms with E-state index in [1.807, 2.05) is 20.0 Å². The van der Waals surface area contributed by atoms with Gasteiger partial charge in [0.15, 0.2) is 0 Å². The Labute approximate surface area is 102 Å². The van der Waals surface area contributed by atoms with Gasteiger partial charge in [-0.25, -0.2) is 4.39 Å². The average molecular weight is 237 g/mol. The summed E-state index contributed by atoms with van der Waals surface area (Å²) in [4.78, 5) is 0. The van der Waals surface area contributed by atoms with Crippen LogP contribution >= 0.6 is 0 Å². The van der Waals surface area contributed by atoms with E-state index in [4.69, 9.17) is 4.74 Å². The molecule has 0 bridgehead atoms. The lowest BCUT2D eigenvalue weighted by atomic mass is 9.97. The van der Waals surface area contributed by atoms with Crippen LogP contribution in [-0.2, 0) is 4.74 Å². The minimum atomic E-state index is -0.175. The normalized spacial score (nSPS) is 26.1. The van der Waals surface area contributed by atoms with Crippen LogP contribution in [0.25, 0.3) is 0 Å². The van der Waals surface area contributed by atoms with E-state index in [1.165, 1.54) is 0 Å². The van der Waals surface area contributed by atoms with Gasteiger partial charge in [0.1, 0.15) is 5.82 Å². The highest BCUT2D eigenvalue weighted by Gasteiger charge is 2.29. The number of hydrogen-bond donors (Lipinski definition) is 1. The van der Waals surface area contributed by atoms with Crippen molar-refractivity contribution >= 4 is 0 Å². The molecule has 0 saturated carbocycles. The van der Waals surface area contributed by atoms with Crippen molar-refractivity contribution < 1.29 is 9.13 Å². The lowest BCUT2D eigenvalue weighted by Gasteiger charge is -2.24. The third kappa shape index (κ3) is 2.85. The maximum atomic E-state index is 13.4. The lowest BCUT2D eigenvalue weighted by Crippen LogP contribution is -2.29. The largest absolute Gasteiger partial charge is 0.373 e. The zero-order chi connectivity index (χ0) is 12.4. The standard InChI is InChI=1S/C14H20FNO/c1-9-6-11(8-12(15)7-9)14(16-3)13-5-4-10(2)17-13/h6-8,10,13-14,16H,4-5H2,1-3H3. The Morgan fingerprint density at radius 3 is 2.65 bits per heavy atom. The summed E-state index contributed by atoms with van der Waals surface area (Å²) in [5.41, 5.74) is 1.93. The first-order chi connectivity index (χ1) is 8.10. The van der Waals surface area contributed by atoms with Crippen molar-refractivity contribution in [3.05, 3.63) is 35.1 Å². The molecule has 1 aromatic rings. The Balaban J connectivity index is 2.22. The Morgan fingerprint density at radius 2 is 2.12 bits per heavy atom. The molecule has 3 atom stereocenters. The second kappa shape index (κ2) is 5.15. The molecule has 1 heterocycles. The zero-order valence-electron chi connectivity index (χ0n) is 10.7. The Kier molecular flexibility index (Phi) is 3.79. The molecule has 1 aromatic carbocycles. The molecular formula is C14H20FNO. The molecule has 3 unspecified atom stereocenters. The monoisotopic (exact) mass is 237 g/mol. The summed E-state index contributed by atoms with van der Waals surface area (Å²) in [6, 6.07) is 5.25. The second-order valence-electron chi connectivity index (χ2n) is 4.89. The van der Waals surface area contributed by atoms with Crippen molar-refractivity contribution in [2.24, 2.45) is 0 Å². The third-order valence-electron chi connectivity index (χ3n) is 3.37. The summed E-state index contributed by atoms with van der Waals surface area (Å²) in [5.74, 6) is -0.175. The number of halogens is 1. The second-order valence-corrected chi connectivity index (χ2v) is 4.89. The predicted octanol–water partition coefficient (Wildman–Crippen LogP) is 2.96. The number of ether oxygens (including phenoxy) is 1. The van der Waals surface area contributed by atoms with Gasteiger partial charge < -0.3 is 10.1 Å². The van der Waals surface area contributed by atoms with Crippen molar-refractivity contribution in [1.29, 1.82) is 0 Å². The van der Waals surface area contributed by atoms with Gasteiger partial charge in [0.2, 0.25) is 0 Å². The minimum Gasteiger partial charge on any atom is -0.373 e. The van der Waals surface area contributed by atoms with Gasteiger partial charge in [-0.3, -0.25) is 0 Å².